The Morgan fingerprint density at radius 2 is 1.72 bits per heavy atom. The fourth-order valence-electron chi connectivity index (χ4n) is 3.47. The molecule has 1 aliphatic rings. The largest absolute Gasteiger partial charge is 0.364 e. The molecule has 3 aromatic rings. The smallest absolute Gasteiger partial charge is 0.269 e. The minimum absolute atomic E-state index is 0.108. The van der Waals surface area contributed by atoms with Gasteiger partial charge in [0.2, 0.25) is 5.91 Å². The van der Waals surface area contributed by atoms with Crippen LogP contribution in [0.1, 0.15) is 33.7 Å². The van der Waals surface area contributed by atoms with E-state index < -0.39 is 5.91 Å². The molecular weight excluding hydrogens is 426 g/mol. The second-order valence-corrected chi connectivity index (χ2v) is 8.40. The number of nitrogens with two attached hydrogens (primary N) is 1. The van der Waals surface area contributed by atoms with Crippen LogP contribution in [-0.2, 0) is 4.79 Å². The van der Waals surface area contributed by atoms with E-state index in [0.717, 1.165) is 36.5 Å². The fraction of sp³-hybridized carbons (Fsp3) is 0.217. The molecule has 2 aromatic carbocycles. The summed E-state index contributed by atoms with van der Waals surface area (Å²) in [7, 11) is 0. The van der Waals surface area contributed by atoms with Gasteiger partial charge in [0, 0.05) is 29.9 Å². The van der Waals surface area contributed by atoms with Gasteiger partial charge in [-0.1, -0.05) is 12.1 Å². The van der Waals surface area contributed by atoms with E-state index in [4.69, 9.17) is 5.73 Å². The Morgan fingerprint density at radius 1 is 1.00 bits per heavy atom. The zero-order chi connectivity index (χ0) is 22.5. The first-order valence-corrected chi connectivity index (χ1v) is 11.3. The molecule has 4 rings (SSSR count). The summed E-state index contributed by atoms with van der Waals surface area (Å²) >= 11 is 1.38. The standard InChI is InChI=1S/C23H23N5O3S/c24-22(30)19-11-14-28(26-19)17-9-7-16(8-10-17)25-23(31)18-5-1-2-6-20(18)32-15-21(29)27-12-3-4-13-27/h1-2,5-11,14H,3-4,12-13,15H2,(H2,24,30)(H,25,31). The molecule has 8 nitrogen and oxygen atoms in total. The molecule has 1 aromatic heterocycles. The number of hydrogen-bond acceptors (Lipinski definition) is 5. The van der Waals surface area contributed by atoms with Crippen LogP contribution in [0.2, 0.25) is 0 Å². The van der Waals surface area contributed by atoms with Crippen molar-refractivity contribution >= 4 is 35.2 Å². The van der Waals surface area contributed by atoms with E-state index in [-0.39, 0.29) is 17.5 Å². The highest BCUT2D eigenvalue weighted by molar-refractivity contribution is 8.00. The summed E-state index contributed by atoms with van der Waals surface area (Å²) in [6.07, 6.45) is 3.76. The van der Waals surface area contributed by atoms with Gasteiger partial charge in [0.05, 0.1) is 17.0 Å². The predicted octanol–water partition coefficient (Wildman–Crippen LogP) is 2.94. The number of benzene rings is 2. The number of carbonyl (C=O) groups excluding carboxylic acids is 3. The van der Waals surface area contributed by atoms with Crippen LogP contribution in [0.4, 0.5) is 5.69 Å². The molecule has 0 aliphatic carbocycles. The first-order valence-electron chi connectivity index (χ1n) is 10.3. The lowest BCUT2D eigenvalue weighted by molar-refractivity contribution is -0.127. The number of likely N-dealkylation sites (tertiary alicyclic amines) is 1. The zero-order valence-corrected chi connectivity index (χ0v) is 18.2. The molecule has 2 heterocycles. The lowest BCUT2D eigenvalue weighted by Gasteiger charge is -2.15. The van der Waals surface area contributed by atoms with Crippen molar-refractivity contribution in [2.24, 2.45) is 5.73 Å². The van der Waals surface area contributed by atoms with E-state index in [1.165, 1.54) is 16.4 Å². The Kier molecular flexibility index (Phi) is 6.55. The molecule has 9 heteroatoms. The molecule has 1 aliphatic heterocycles. The van der Waals surface area contributed by atoms with Gasteiger partial charge in [-0.2, -0.15) is 5.10 Å². The molecule has 3 N–H and O–H groups in total. The van der Waals surface area contributed by atoms with E-state index in [1.807, 2.05) is 17.0 Å². The number of amides is 3. The molecule has 3 amide bonds. The monoisotopic (exact) mass is 449 g/mol. The van der Waals surface area contributed by atoms with Crippen LogP contribution in [0.5, 0.6) is 0 Å². The van der Waals surface area contributed by atoms with Gasteiger partial charge in [-0.15, -0.1) is 11.8 Å². The number of thioether (sulfide) groups is 1. The predicted molar refractivity (Wildman–Crippen MR) is 123 cm³/mol. The molecule has 1 fully saturated rings. The lowest BCUT2D eigenvalue weighted by Crippen LogP contribution is -2.29. The van der Waals surface area contributed by atoms with Crippen LogP contribution in [0.3, 0.4) is 0 Å². The van der Waals surface area contributed by atoms with E-state index >= 15 is 0 Å². The van der Waals surface area contributed by atoms with Gasteiger partial charge >= 0.3 is 0 Å². The maximum Gasteiger partial charge on any atom is 0.269 e. The third-order valence-electron chi connectivity index (χ3n) is 5.17. The van der Waals surface area contributed by atoms with E-state index in [2.05, 4.69) is 10.4 Å². The van der Waals surface area contributed by atoms with Gasteiger partial charge in [0.15, 0.2) is 0 Å². The average molecular weight is 450 g/mol. The summed E-state index contributed by atoms with van der Waals surface area (Å²) in [5, 5.41) is 7.01. The summed E-state index contributed by atoms with van der Waals surface area (Å²) in [6.45, 7) is 1.64. The maximum absolute atomic E-state index is 12.9. The molecule has 0 atom stereocenters. The third kappa shape index (κ3) is 5.00. The van der Waals surface area contributed by atoms with Crippen molar-refractivity contribution in [1.82, 2.24) is 14.7 Å². The van der Waals surface area contributed by atoms with Gasteiger partial charge in [-0.3, -0.25) is 14.4 Å². The van der Waals surface area contributed by atoms with Crippen LogP contribution in [0.15, 0.2) is 65.7 Å². The van der Waals surface area contributed by atoms with E-state index in [1.54, 1.807) is 48.7 Å². The van der Waals surface area contributed by atoms with Crippen LogP contribution in [0.25, 0.3) is 5.69 Å². The van der Waals surface area contributed by atoms with Gasteiger partial charge in [0.25, 0.3) is 11.8 Å². The van der Waals surface area contributed by atoms with Gasteiger partial charge in [-0.25, -0.2) is 4.68 Å². The third-order valence-corrected chi connectivity index (χ3v) is 6.23. The lowest BCUT2D eigenvalue weighted by atomic mass is 10.2. The Labute approximate surface area is 189 Å². The van der Waals surface area contributed by atoms with Crippen LogP contribution < -0.4 is 11.1 Å². The summed E-state index contributed by atoms with van der Waals surface area (Å²) in [5.41, 5.74) is 7.29. The van der Waals surface area contributed by atoms with Crippen molar-refractivity contribution in [3.63, 3.8) is 0 Å². The molecule has 0 saturated carbocycles. The Morgan fingerprint density at radius 3 is 2.41 bits per heavy atom. The highest BCUT2D eigenvalue weighted by atomic mass is 32.2. The Hall–Kier alpha value is -3.59. The van der Waals surface area contributed by atoms with Crippen LogP contribution in [0, 0.1) is 0 Å². The van der Waals surface area contributed by atoms with Crippen molar-refractivity contribution in [2.75, 3.05) is 24.2 Å². The second-order valence-electron chi connectivity index (χ2n) is 7.38. The molecule has 0 bridgehead atoms. The van der Waals surface area contributed by atoms with Crippen molar-refractivity contribution in [3.05, 3.63) is 72.1 Å². The van der Waals surface area contributed by atoms with Gasteiger partial charge < -0.3 is 16.0 Å². The highest BCUT2D eigenvalue weighted by Gasteiger charge is 2.19. The number of primary amides is 1. The van der Waals surface area contributed by atoms with Crippen molar-refractivity contribution in [3.8, 4) is 5.69 Å². The van der Waals surface area contributed by atoms with Crippen molar-refractivity contribution in [2.45, 2.75) is 17.7 Å². The quantitative estimate of drug-likeness (QED) is 0.539. The minimum Gasteiger partial charge on any atom is -0.364 e. The van der Waals surface area contributed by atoms with Crippen LogP contribution in [-0.4, -0.2) is 51.2 Å². The minimum atomic E-state index is -0.591. The molecule has 164 valence electrons. The summed E-state index contributed by atoms with van der Waals surface area (Å²) in [5.74, 6) is -0.414. The maximum atomic E-state index is 12.9. The van der Waals surface area contributed by atoms with Crippen LogP contribution >= 0.6 is 11.8 Å². The normalized spacial score (nSPS) is 13.2. The van der Waals surface area contributed by atoms with E-state index in [9.17, 15) is 14.4 Å². The highest BCUT2D eigenvalue weighted by Crippen LogP contribution is 2.25. The Balaban J connectivity index is 1.41. The molecule has 0 radical (unpaired) electrons. The summed E-state index contributed by atoms with van der Waals surface area (Å²) < 4.78 is 1.54. The number of carbonyl (C=O) groups is 3. The summed E-state index contributed by atoms with van der Waals surface area (Å²) in [4.78, 5) is 39.1. The average Bonchev–Trinajstić information content (AvgIpc) is 3.51. The first kappa shape index (κ1) is 21.6. The molecule has 0 spiro atoms. The molecule has 0 unspecified atom stereocenters. The number of nitrogens with one attached hydrogen (secondary N) is 1. The number of hydrogen-bond donors (Lipinski definition) is 2. The van der Waals surface area contributed by atoms with Gasteiger partial charge in [-0.05, 0) is 55.3 Å². The van der Waals surface area contributed by atoms with Crippen molar-refractivity contribution in [1.29, 1.82) is 0 Å². The van der Waals surface area contributed by atoms with Crippen molar-refractivity contribution < 1.29 is 14.4 Å². The first-order chi connectivity index (χ1) is 15.5. The zero-order valence-electron chi connectivity index (χ0n) is 17.4. The summed E-state index contributed by atoms with van der Waals surface area (Å²) in [6, 6.07) is 15.9. The topological polar surface area (TPSA) is 110 Å². The molecule has 32 heavy (non-hydrogen) atoms. The van der Waals surface area contributed by atoms with Gasteiger partial charge in [0.1, 0.15) is 5.69 Å². The number of anilines is 1. The molecular formula is C23H23N5O3S. The molecule has 1 saturated heterocycles. The number of rotatable bonds is 7. The van der Waals surface area contributed by atoms with E-state index in [0.29, 0.717) is 17.0 Å². The fourth-order valence-corrected chi connectivity index (χ4v) is 4.43. The second kappa shape index (κ2) is 9.69. The SMILES string of the molecule is NC(=O)c1ccn(-c2ccc(NC(=O)c3ccccc3SCC(=O)N3CCCC3)cc2)n1. The number of aromatic nitrogens is 2. The Bertz CT molecular complexity index is 1140. The number of nitrogens with zero attached hydrogens (tertiary/aromatic N) is 3.